The Hall–Kier alpha value is -0.910. The van der Waals surface area contributed by atoms with Crippen molar-refractivity contribution in [3.8, 4) is 0 Å². The van der Waals surface area contributed by atoms with E-state index < -0.39 is 12.3 Å². The van der Waals surface area contributed by atoms with Crippen LogP contribution in [0.5, 0.6) is 0 Å². The molecule has 0 aliphatic heterocycles. The fraction of sp³-hybridized carbons (Fsp3) is 0.667. The van der Waals surface area contributed by atoms with Gasteiger partial charge in [-0.2, -0.15) is 0 Å². The van der Waals surface area contributed by atoms with Crippen LogP contribution in [0.15, 0.2) is 12.7 Å². The maximum atomic E-state index is 9.25. The van der Waals surface area contributed by atoms with E-state index in [0.717, 1.165) is 18.9 Å². The fourth-order valence-electron chi connectivity index (χ4n) is 0.549. The smallest absolute Gasteiger partial charge is 0.327 e. The van der Waals surface area contributed by atoms with Crippen LogP contribution < -0.4 is 0 Å². The van der Waals surface area contributed by atoms with Gasteiger partial charge in [0.05, 0.1) is 0 Å². The van der Waals surface area contributed by atoms with Crippen LogP contribution in [0.4, 0.5) is 0 Å². The van der Waals surface area contributed by atoms with Gasteiger partial charge in [0, 0.05) is 19.8 Å². The summed E-state index contributed by atoms with van der Waals surface area (Å²) in [5.41, 5.74) is 0. The molecule has 0 aliphatic carbocycles. The quantitative estimate of drug-likeness (QED) is 0.332. The first-order valence-corrected chi connectivity index (χ1v) is 4.25. The summed E-state index contributed by atoms with van der Waals surface area (Å²) in [4.78, 5) is 9.25. The zero-order valence-corrected chi connectivity index (χ0v) is 8.35. The molecule has 14 heavy (non-hydrogen) atoms. The molecule has 0 aromatic carbocycles. The predicted octanol–water partition coefficient (Wildman–Crippen LogP) is 0.371. The van der Waals surface area contributed by atoms with Crippen molar-refractivity contribution in [3.63, 3.8) is 0 Å². The molecule has 0 fully saturated rings. The van der Waals surface area contributed by atoms with Crippen molar-refractivity contribution in [1.29, 1.82) is 0 Å². The Morgan fingerprint density at radius 2 is 2.07 bits per heavy atom. The molecule has 1 atom stereocenters. The highest BCUT2D eigenvalue weighted by Crippen LogP contribution is 1.99. The highest BCUT2D eigenvalue weighted by Gasteiger charge is 1.98. The lowest BCUT2D eigenvalue weighted by atomic mass is 10.2. The number of hydrogen-bond donors (Lipinski definition) is 3. The fourth-order valence-corrected chi connectivity index (χ4v) is 0.549. The molecule has 0 rings (SSSR count). The third-order valence-electron chi connectivity index (χ3n) is 1.31. The number of carbonyl (C=O) groups is 1. The highest BCUT2D eigenvalue weighted by atomic mass is 16.6. The molecular weight excluding hydrogens is 188 g/mol. The zero-order chi connectivity index (χ0) is 11.4. The van der Waals surface area contributed by atoms with Crippen LogP contribution in [0, 0.1) is 0 Å². The second-order valence-electron chi connectivity index (χ2n) is 2.45. The first-order chi connectivity index (χ1) is 6.58. The molecule has 0 aliphatic rings. The van der Waals surface area contributed by atoms with Crippen LogP contribution in [-0.2, 0) is 9.53 Å². The molecule has 5 nitrogen and oxygen atoms in total. The van der Waals surface area contributed by atoms with Crippen molar-refractivity contribution < 1.29 is 24.9 Å². The van der Waals surface area contributed by atoms with E-state index in [1.165, 1.54) is 7.11 Å². The number of rotatable bonds is 6. The van der Waals surface area contributed by atoms with Crippen molar-refractivity contribution in [2.45, 2.75) is 25.6 Å². The van der Waals surface area contributed by atoms with Gasteiger partial charge in [0.25, 0.3) is 0 Å². The van der Waals surface area contributed by atoms with Gasteiger partial charge >= 0.3 is 5.97 Å². The topological polar surface area (TPSA) is 87.0 Å². The van der Waals surface area contributed by atoms with Crippen molar-refractivity contribution in [2.75, 3.05) is 13.7 Å². The van der Waals surface area contributed by atoms with Gasteiger partial charge in [-0.05, 0) is 19.3 Å². The van der Waals surface area contributed by atoms with Crippen molar-refractivity contribution in [2.24, 2.45) is 0 Å². The molecule has 0 amide bonds. The first-order valence-electron chi connectivity index (χ1n) is 4.25. The second kappa shape index (κ2) is 12.1. The summed E-state index contributed by atoms with van der Waals surface area (Å²) >= 11 is 0. The highest BCUT2D eigenvalue weighted by molar-refractivity contribution is 5.78. The number of carboxylic acids is 1. The van der Waals surface area contributed by atoms with E-state index in [0.29, 0.717) is 6.42 Å². The molecular formula is C9H18O5. The van der Waals surface area contributed by atoms with Gasteiger partial charge < -0.3 is 20.1 Å². The molecule has 3 N–H and O–H groups in total. The summed E-state index contributed by atoms with van der Waals surface area (Å²) in [6, 6.07) is 0. The van der Waals surface area contributed by atoms with Gasteiger partial charge in [-0.25, -0.2) is 4.79 Å². The summed E-state index contributed by atoms with van der Waals surface area (Å²) in [5, 5.41) is 24.7. The van der Waals surface area contributed by atoms with Gasteiger partial charge in [-0.3, -0.25) is 0 Å². The molecule has 0 saturated carbocycles. The maximum Gasteiger partial charge on any atom is 0.327 e. The molecule has 5 heteroatoms. The molecule has 0 spiro atoms. The number of aliphatic hydroxyl groups excluding tert-OH is 2. The number of hydrogen-bond acceptors (Lipinski definition) is 4. The molecule has 0 radical (unpaired) electrons. The number of ether oxygens (including phenoxy) is 1. The van der Waals surface area contributed by atoms with Gasteiger partial charge in [0.1, 0.15) is 0 Å². The Morgan fingerprint density at radius 3 is 2.36 bits per heavy atom. The normalized spacial score (nSPS) is 11.1. The molecule has 84 valence electrons. The average Bonchev–Trinajstić information content (AvgIpc) is 2.19. The summed E-state index contributed by atoms with van der Waals surface area (Å²) < 4.78 is 4.57. The lowest BCUT2D eigenvalue weighted by molar-refractivity contribution is -0.131. The number of methoxy groups -OCH3 is 1. The Labute approximate surface area is 83.6 Å². The molecule has 0 bridgehead atoms. The summed E-state index contributed by atoms with van der Waals surface area (Å²) in [7, 11) is 1.46. The second-order valence-corrected chi connectivity index (χ2v) is 2.45. The lowest BCUT2D eigenvalue weighted by Gasteiger charge is -2.05. The van der Waals surface area contributed by atoms with E-state index in [9.17, 15) is 4.79 Å². The van der Waals surface area contributed by atoms with Crippen LogP contribution in [0.2, 0.25) is 0 Å². The summed E-state index contributed by atoms with van der Waals surface area (Å²) in [5.74, 6) is -0.981. The molecule has 1 unspecified atom stereocenters. The number of carboxylic acid groups (broad SMARTS) is 1. The van der Waals surface area contributed by atoms with E-state index in [4.69, 9.17) is 15.3 Å². The van der Waals surface area contributed by atoms with Crippen LogP contribution in [-0.4, -0.2) is 41.3 Å². The Bertz CT molecular complexity index is 146. The SMILES string of the molecule is C=CC(=O)O.COC(O)CCCCO. The summed E-state index contributed by atoms with van der Waals surface area (Å²) in [6.45, 7) is 3.15. The summed E-state index contributed by atoms with van der Waals surface area (Å²) in [6.07, 6.45) is 2.33. The van der Waals surface area contributed by atoms with Gasteiger partial charge in [-0.1, -0.05) is 6.58 Å². The lowest BCUT2D eigenvalue weighted by Crippen LogP contribution is -2.08. The van der Waals surface area contributed by atoms with Gasteiger partial charge in [0.2, 0.25) is 0 Å². The average molecular weight is 206 g/mol. The molecule has 0 heterocycles. The minimum atomic E-state index is -0.981. The van der Waals surface area contributed by atoms with E-state index in [1.807, 2.05) is 0 Å². The third-order valence-corrected chi connectivity index (χ3v) is 1.31. The van der Waals surface area contributed by atoms with Crippen molar-refractivity contribution >= 4 is 5.97 Å². The third kappa shape index (κ3) is 17.3. The predicted molar refractivity (Wildman–Crippen MR) is 51.8 cm³/mol. The van der Waals surface area contributed by atoms with Gasteiger partial charge in [0.15, 0.2) is 6.29 Å². The van der Waals surface area contributed by atoms with Gasteiger partial charge in [-0.15, -0.1) is 0 Å². The zero-order valence-electron chi connectivity index (χ0n) is 8.35. The van der Waals surface area contributed by atoms with E-state index in [-0.39, 0.29) is 6.61 Å². The Kier molecular flexibility index (Phi) is 13.4. The standard InChI is InChI=1S/C6H14O3.C3H4O2/c1-9-6(8)4-2-3-5-7;1-2-3(4)5/h6-8H,2-5H2,1H3;2H,1H2,(H,4,5). The monoisotopic (exact) mass is 206 g/mol. The van der Waals surface area contributed by atoms with E-state index >= 15 is 0 Å². The maximum absolute atomic E-state index is 9.25. The largest absolute Gasteiger partial charge is 0.478 e. The van der Waals surface area contributed by atoms with Crippen LogP contribution in [0.1, 0.15) is 19.3 Å². The van der Waals surface area contributed by atoms with Crippen LogP contribution in [0.25, 0.3) is 0 Å². The number of aliphatic hydroxyl groups is 2. The van der Waals surface area contributed by atoms with Crippen molar-refractivity contribution in [1.82, 2.24) is 0 Å². The molecule has 0 aromatic heterocycles. The molecule has 0 saturated heterocycles. The Morgan fingerprint density at radius 1 is 1.57 bits per heavy atom. The number of aliphatic carboxylic acids is 1. The van der Waals surface area contributed by atoms with Crippen LogP contribution in [0.3, 0.4) is 0 Å². The first kappa shape index (κ1) is 15.6. The van der Waals surface area contributed by atoms with Crippen molar-refractivity contribution in [3.05, 3.63) is 12.7 Å². The Balaban J connectivity index is 0. The van der Waals surface area contributed by atoms with E-state index in [1.54, 1.807) is 0 Å². The minimum Gasteiger partial charge on any atom is -0.478 e. The minimum absolute atomic E-state index is 0.191. The molecule has 0 aromatic rings. The van der Waals surface area contributed by atoms with Crippen LogP contribution >= 0.6 is 0 Å². The van der Waals surface area contributed by atoms with E-state index in [2.05, 4.69) is 11.3 Å². The number of unbranched alkanes of at least 4 members (excludes halogenated alkanes) is 1.